The second-order valence-electron chi connectivity index (χ2n) is 7.60. The number of amides is 1. The first-order chi connectivity index (χ1) is 13.4. The molecule has 0 aromatic heterocycles. The number of piperidine rings is 1. The van der Waals surface area contributed by atoms with Crippen molar-refractivity contribution in [1.29, 1.82) is 0 Å². The first-order valence-corrected chi connectivity index (χ1v) is 9.92. The summed E-state index contributed by atoms with van der Waals surface area (Å²) >= 11 is 5.87. The molecule has 6 heteroatoms. The Kier molecular flexibility index (Phi) is 6.73. The zero-order chi connectivity index (χ0) is 20.1. The van der Waals surface area contributed by atoms with Crippen LogP contribution >= 0.6 is 11.6 Å². The maximum atomic E-state index is 12.5. The highest BCUT2D eigenvalue weighted by Crippen LogP contribution is 2.23. The molecule has 1 saturated heterocycles. The monoisotopic (exact) mass is 402 g/mol. The van der Waals surface area contributed by atoms with Gasteiger partial charge in [0.15, 0.2) is 0 Å². The maximum absolute atomic E-state index is 12.5. The molecule has 0 bridgehead atoms. The minimum atomic E-state index is -1.23. The predicted octanol–water partition coefficient (Wildman–Crippen LogP) is 2.31. The number of carbonyl (C=O) groups excluding carboxylic acids is 1. The molecule has 0 spiro atoms. The highest BCUT2D eigenvalue weighted by molar-refractivity contribution is 6.30. The molecule has 150 valence electrons. The number of nitrogens with zero attached hydrogens (tertiary/aromatic N) is 1. The van der Waals surface area contributed by atoms with E-state index in [4.69, 9.17) is 11.6 Å². The molecular formula is C22H27ClN2O3. The Labute approximate surface area is 170 Å². The summed E-state index contributed by atoms with van der Waals surface area (Å²) in [6.45, 7) is 3.50. The molecule has 1 fully saturated rings. The molecule has 0 radical (unpaired) electrons. The lowest BCUT2D eigenvalue weighted by molar-refractivity contribution is -0.148. The van der Waals surface area contributed by atoms with Crippen LogP contribution in [-0.2, 0) is 17.8 Å². The number of likely N-dealkylation sites (tertiary alicyclic amines) is 1. The number of rotatable bonds is 6. The number of carbonyl (C=O) groups is 1. The van der Waals surface area contributed by atoms with E-state index < -0.39 is 11.7 Å². The molecule has 28 heavy (non-hydrogen) atoms. The summed E-state index contributed by atoms with van der Waals surface area (Å²) in [4.78, 5) is 14.1. The predicted molar refractivity (Wildman–Crippen MR) is 110 cm³/mol. The number of hydrogen-bond acceptors (Lipinski definition) is 4. The van der Waals surface area contributed by atoms with Gasteiger partial charge in [0.1, 0.15) is 11.7 Å². The molecule has 1 amide bonds. The number of β-amino-alcohol motifs (C(OH)–C–C–N with tert-alkyl or cyclic N) is 1. The molecule has 0 aliphatic carbocycles. The van der Waals surface area contributed by atoms with E-state index in [0.29, 0.717) is 24.5 Å². The van der Waals surface area contributed by atoms with Crippen LogP contribution in [0.2, 0.25) is 5.02 Å². The lowest BCUT2D eigenvalue weighted by Crippen LogP contribution is -2.60. The van der Waals surface area contributed by atoms with Crippen molar-refractivity contribution in [3.05, 3.63) is 70.2 Å². The van der Waals surface area contributed by atoms with E-state index in [0.717, 1.165) is 11.1 Å². The summed E-state index contributed by atoms with van der Waals surface area (Å²) in [7, 11) is 0. The SMILES string of the molecule is Cc1ccc(CNC[C@@]2(O)CCN(C(=O)Cc3ccc(Cl)cc3)C[C@@H]2O)cc1. The van der Waals surface area contributed by atoms with Crippen molar-refractivity contribution in [3.63, 3.8) is 0 Å². The van der Waals surface area contributed by atoms with Crippen molar-refractivity contribution in [2.75, 3.05) is 19.6 Å². The second kappa shape index (κ2) is 9.05. The third-order valence-electron chi connectivity index (χ3n) is 5.33. The third kappa shape index (κ3) is 5.32. The zero-order valence-electron chi connectivity index (χ0n) is 16.1. The number of nitrogens with one attached hydrogen (secondary N) is 1. The van der Waals surface area contributed by atoms with Crippen molar-refractivity contribution < 1.29 is 15.0 Å². The second-order valence-corrected chi connectivity index (χ2v) is 8.04. The van der Waals surface area contributed by atoms with E-state index in [9.17, 15) is 15.0 Å². The van der Waals surface area contributed by atoms with Crippen molar-refractivity contribution in [1.82, 2.24) is 10.2 Å². The Morgan fingerprint density at radius 1 is 1.18 bits per heavy atom. The van der Waals surface area contributed by atoms with Gasteiger partial charge in [-0.15, -0.1) is 0 Å². The summed E-state index contributed by atoms with van der Waals surface area (Å²) in [5.41, 5.74) is 1.97. The van der Waals surface area contributed by atoms with E-state index in [1.165, 1.54) is 5.56 Å². The number of hydrogen-bond donors (Lipinski definition) is 3. The average Bonchev–Trinajstić information content (AvgIpc) is 2.67. The van der Waals surface area contributed by atoms with Gasteiger partial charge in [-0.2, -0.15) is 0 Å². The molecule has 5 nitrogen and oxygen atoms in total. The Morgan fingerprint density at radius 2 is 1.82 bits per heavy atom. The Balaban J connectivity index is 1.49. The molecule has 1 aliphatic heterocycles. The molecule has 2 atom stereocenters. The first-order valence-electron chi connectivity index (χ1n) is 9.55. The van der Waals surface area contributed by atoms with Gasteiger partial charge in [-0.25, -0.2) is 0 Å². The van der Waals surface area contributed by atoms with Crippen molar-refractivity contribution in [2.45, 2.75) is 38.0 Å². The van der Waals surface area contributed by atoms with E-state index in [1.54, 1.807) is 17.0 Å². The zero-order valence-corrected chi connectivity index (χ0v) is 16.8. The van der Waals surface area contributed by atoms with Crippen LogP contribution in [0.15, 0.2) is 48.5 Å². The third-order valence-corrected chi connectivity index (χ3v) is 5.58. The molecular weight excluding hydrogens is 376 g/mol. The minimum absolute atomic E-state index is 0.0592. The lowest BCUT2D eigenvalue weighted by atomic mass is 9.88. The quantitative estimate of drug-likeness (QED) is 0.693. The maximum Gasteiger partial charge on any atom is 0.227 e. The molecule has 2 aromatic carbocycles. The van der Waals surface area contributed by atoms with E-state index >= 15 is 0 Å². The normalized spacial score (nSPS) is 22.3. The molecule has 2 aromatic rings. The highest BCUT2D eigenvalue weighted by Gasteiger charge is 2.41. The van der Waals surface area contributed by atoms with Crippen molar-refractivity contribution >= 4 is 17.5 Å². The van der Waals surface area contributed by atoms with Crippen LogP contribution in [-0.4, -0.2) is 52.4 Å². The fourth-order valence-electron chi connectivity index (χ4n) is 3.42. The summed E-state index contributed by atoms with van der Waals surface area (Å²) in [6, 6.07) is 15.3. The number of aryl methyl sites for hydroxylation is 1. The summed E-state index contributed by atoms with van der Waals surface area (Å²) in [5.74, 6) is -0.0592. The van der Waals surface area contributed by atoms with Crippen LogP contribution in [0.3, 0.4) is 0 Å². The minimum Gasteiger partial charge on any atom is -0.388 e. The van der Waals surface area contributed by atoms with Gasteiger partial charge in [0.05, 0.1) is 6.42 Å². The molecule has 3 N–H and O–H groups in total. The van der Waals surface area contributed by atoms with Gasteiger partial charge in [-0.3, -0.25) is 4.79 Å². The number of benzene rings is 2. The standard InChI is InChI=1S/C22H27ClN2O3/c1-16-2-4-18(5-3-16)13-24-15-22(28)10-11-25(14-20(22)26)21(27)12-17-6-8-19(23)9-7-17/h2-9,20,24,26,28H,10-15H2,1H3/t20-,22-/m0/s1. The smallest absolute Gasteiger partial charge is 0.227 e. The lowest BCUT2D eigenvalue weighted by Gasteiger charge is -2.42. The van der Waals surface area contributed by atoms with Gasteiger partial charge in [-0.1, -0.05) is 53.6 Å². The van der Waals surface area contributed by atoms with Gasteiger partial charge in [-0.05, 0) is 36.6 Å². The van der Waals surface area contributed by atoms with Crippen LogP contribution in [0.4, 0.5) is 0 Å². The molecule has 1 heterocycles. The fraction of sp³-hybridized carbons (Fsp3) is 0.409. The van der Waals surface area contributed by atoms with Crippen LogP contribution in [0.25, 0.3) is 0 Å². The highest BCUT2D eigenvalue weighted by atomic mass is 35.5. The van der Waals surface area contributed by atoms with Gasteiger partial charge in [0.2, 0.25) is 5.91 Å². The number of aliphatic hydroxyl groups is 2. The van der Waals surface area contributed by atoms with Gasteiger partial charge >= 0.3 is 0 Å². The van der Waals surface area contributed by atoms with Crippen molar-refractivity contribution in [3.8, 4) is 0 Å². The van der Waals surface area contributed by atoms with Gasteiger partial charge < -0.3 is 20.4 Å². The Hall–Kier alpha value is -1.92. The Morgan fingerprint density at radius 3 is 2.46 bits per heavy atom. The molecule has 3 rings (SSSR count). The van der Waals surface area contributed by atoms with Gasteiger partial charge in [0, 0.05) is 31.2 Å². The van der Waals surface area contributed by atoms with Crippen LogP contribution in [0.5, 0.6) is 0 Å². The van der Waals surface area contributed by atoms with Crippen LogP contribution < -0.4 is 5.32 Å². The average molecular weight is 403 g/mol. The largest absolute Gasteiger partial charge is 0.388 e. The molecule has 0 unspecified atom stereocenters. The summed E-state index contributed by atoms with van der Waals surface area (Å²) in [6.07, 6.45) is -0.393. The molecule has 0 saturated carbocycles. The molecule has 1 aliphatic rings. The first kappa shape index (κ1) is 20.8. The van der Waals surface area contributed by atoms with Crippen molar-refractivity contribution in [2.24, 2.45) is 0 Å². The van der Waals surface area contributed by atoms with Crippen LogP contribution in [0.1, 0.15) is 23.1 Å². The van der Waals surface area contributed by atoms with Crippen LogP contribution in [0, 0.1) is 6.92 Å². The Bertz CT molecular complexity index is 794. The van der Waals surface area contributed by atoms with E-state index in [-0.39, 0.29) is 25.4 Å². The summed E-state index contributed by atoms with van der Waals surface area (Å²) in [5, 5.41) is 25.2. The van der Waals surface area contributed by atoms with Gasteiger partial charge in [0.25, 0.3) is 0 Å². The topological polar surface area (TPSA) is 72.8 Å². The summed E-state index contributed by atoms with van der Waals surface area (Å²) < 4.78 is 0. The number of halogens is 1. The van der Waals surface area contributed by atoms with E-state index in [2.05, 4.69) is 5.32 Å². The number of aliphatic hydroxyl groups excluding tert-OH is 1. The fourth-order valence-corrected chi connectivity index (χ4v) is 3.54. The van der Waals surface area contributed by atoms with E-state index in [1.807, 2.05) is 43.3 Å².